The molecule has 3 rings (SSSR count). The SMILES string of the molecule is C=Nc1ccc2c(c1)C(=O)c1cc(N=NC)ccc1-2. The zero-order valence-electron chi connectivity index (χ0n) is 10.4. The molecule has 0 fully saturated rings. The second-order valence-corrected chi connectivity index (χ2v) is 4.25. The predicted molar refractivity (Wildman–Crippen MR) is 75.0 cm³/mol. The molecule has 1 aliphatic rings. The molecule has 4 nitrogen and oxygen atoms in total. The lowest BCUT2D eigenvalue weighted by molar-refractivity contribution is 0.104. The standard InChI is InChI=1S/C15H11N3O/c1-16-9-3-5-11-12-6-4-10(18-17-2)8-14(12)15(19)13(11)7-9/h3-8H,1H2,2H3. The van der Waals surface area contributed by atoms with Crippen LogP contribution in [0.2, 0.25) is 0 Å². The third kappa shape index (κ3) is 1.69. The number of rotatable bonds is 2. The fourth-order valence-electron chi connectivity index (χ4n) is 2.33. The van der Waals surface area contributed by atoms with Crippen molar-refractivity contribution in [2.75, 3.05) is 7.05 Å². The smallest absolute Gasteiger partial charge is 0.194 e. The molecule has 0 amide bonds. The molecule has 4 heteroatoms. The molecule has 0 aliphatic heterocycles. The van der Waals surface area contributed by atoms with Gasteiger partial charge in [0.1, 0.15) is 0 Å². The summed E-state index contributed by atoms with van der Waals surface area (Å²) in [6.45, 7) is 3.48. The van der Waals surface area contributed by atoms with Crippen molar-refractivity contribution in [3.8, 4) is 11.1 Å². The number of aliphatic imine (C=N–C) groups is 1. The molecule has 0 atom stereocenters. The molecule has 0 N–H and O–H groups in total. The van der Waals surface area contributed by atoms with Crippen molar-refractivity contribution in [3.63, 3.8) is 0 Å². The van der Waals surface area contributed by atoms with Crippen LogP contribution in [0.25, 0.3) is 11.1 Å². The Morgan fingerprint density at radius 1 is 0.895 bits per heavy atom. The lowest BCUT2D eigenvalue weighted by Crippen LogP contribution is -1.94. The zero-order chi connectivity index (χ0) is 13.4. The predicted octanol–water partition coefficient (Wildman–Crippen LogP) is 3.94. The van der Waals surface area contributed by atoms with Crippen molar-refractivity contribution < 1.29 is 4.79 Å². The van der Waals surface area contributed by atoms with E-state index in [1.165, 1.54) is 0 Å². The molecular formula is C15H11N3O. The van der Waals surface area contributed by atoms with Crippen LogP contribution < -0.4 is 0 Å². The van der Waals surface area contributed by atoms with Crippen molar-refractivity contribution >= 4 is 23.9 Å². The van der Waals surface area contributed by atoms with E-state index in [1.807, 2.05) is 24.3 Å². The van der Waals surface area contributed by atoms with Gasteiger partial charge in [0, 0.05) is 18.2 Å². The number of azo groups is 1. The van der Waals surface area contributed by atoms with Crippen LogP contribution in [0.5, 0.6) is 0 Å². The number of carbonyl (C=O) groups is 1. The molecule has 2 aromatic rings. The summed E-state index contributed by atoms with van der Waals surface area (Å²) in [5.74, 6) is 0.00338. The van der Waals surface area contributed by atoms with Gasteiger partial charge in [0.05, 0.1) is 11.4 Å². The largest absolute Gasteiger partial charge is 0.289 e. The number of nitrogens with zero attached hydrogens (tertiary/aromatic N) is 3. The Hall–Kier alpha value is -2.62. The summed E-state index contributed by atoms with van der Waals surface area (Å²) in [5.41, 5.74) is 4.60. The minimum absolute atomic E-state index is 0.00338. The van der Waals surface area contributed by atoms with Crippen molar-refractivity contribution in [2.45, 2.75) is 0 Å². The quantitative estimate of drug-likeness (QED) is 0.501. The van der Waals surface area contributed by atoms with Gasteiger partial charge in [-0.05, 0) is 42.1 Å². The topological polar surface area (TPSA) is 54.1 Å². The van der Waals surface area contributed by atoms with Gasteiger partial charge >= 0.3 is 0 Å². The van der Waals surface area contributed by atoms with Crippen LogP contribution in [0.1, 0.15) is 15.9 Å². The Labute approximate surface area is 110 Å². The summed E-state index contributed by atoms with van der Waals surface area (Å²) in [7, 11) is 1.60. The molecule has 92 valence electrons. The van der Waals surface area contributed by atoms with Gasteiger partial charge < -0.3 is 0 Å². The van der Waals surface area contributed by atoms with E-state index >= 15 is 0 Å². The van der Waals surface area contributed by atoms with Crippen molar-refractivity contribution in [2.24, 2.45) is 15.2 Å². The van der Waals surface area contributed by atoms with Gasteiger partial charge in [-0.2, -0.15) is 10.2 Å². The van der Waals surface area contributed by atoms with Crippen molar-refractivity contribution in [1.82, 2.24) is 0 Å². The minimum Gasteiger partial charge on any atom is -0.289 e. The summed E-state index contributed by atoms with van der Waals surface area (Å²) in [5, 5.41) is 7.68. The molecule has 0 saturated heterocycles. The third-order valence-electron chi connectivity index (χ3n) is 3.18. The number of benzene rings is 2. The van der Waals surface area contributed by atoms with Crippen molar-refractivity contribution in [1.29, 1.82) is 0 Å². The second kappa shape index (κ2) is 4.24. The Balaban J connectivity index is 2.20. The normalized spacial score (nSPS) is 12.6. The maximum Gasteiger partial charge on any atom is 0.194 e. The molecule has 0 saturated carbocycles. The van der Waals surface area contributed by atoms with E-state index in [1.54, 1.807) is 19.2 Å². The van der Waals surface area contributed by atoms with Crippen LogP contribution in [0.15, 0.2) is 51.6 Å². The maximum absolute atomic E-state index is 12.4. The van der Waals surface area contributed by atoms with Gasteiger partial charge in [-0.15, -0.1) is 0 Å². The molecule has 0 spiro atoms. The second-order valence-electron chi connectivity index (χ2n) is 4.25. The first-order valence-corrected chi connectivity index (χ1v) is 5.84. The average molecular weight is 249 g/mol. The van der Waals surface area contributed by atoms with Gasteiger partial charge in [-0.3, -0.25) is 9.79 Å². The van der Waals surface area contributed by atoms with E-state index in [0.29, 0.717) is 22.5 Å². The summed E-state index contributed by atoms with van der Waals surface area (Å²) in [6, 6.07) is 11.1. The highest BCUT2D eigenvalue weighted by atomic mass is 16.1. The Kier molecular flexibility index (Phi) is 2.56. The lowest BCUT2D eigenvalue weighted by atomic mass is 10.1. The highest BCUT2D eigenvalue weighted by molar-refractivity contribution is 6.22. The molecule has 2 aromatic carbocycles. The number of ketones is 1. The first kappa shape index (κ1) is 11.5. The molecule has 1 aliphatic carbocycles. The number of hydrogen-bond acceptors (Lipinski definition) is 4. The fourth-order valence-corrected chi connectivity index (χ4v) is 2.33. The molecule has 0 radical (unpaired) electrons. The zero-order valence-corrected chi connectivity index (χ0v) is 10.4. The number of carbonyl (C=O) groups excluding carboxylic acids is 1. The van der Waals surface area contributed by atoms with E-state index in [9.17, 15) is 4.79 Å². The van der Waals surface area contributed by atoms with E-state index in [2.05, 4.69) is 21.9 Å². The van der Waals surface area contributed by atoms with Crippen LogP contribution in [-0.4, -0.2) is 19.5 Å². The highest BCUT2D eigenvalue weighted by Crippen LogP contribution is 2.39. The minimum atomic E-state index is 0.00338. The summed E-state index contributed by atoms with van der Waals surface area (Å²) >= 11 is 0. The van der Waals surface area contributed by atoms with Crippen LogP contribution in [0.4, 0.5) is 11.4 Å². The maximum atomic E-state index is 12.4. The summed E-state index contributed by atoms with van der Waals surface area (Å²) in [4.78, 5) is 16.2. The van der Waals surface area contributed by atoms with Crippen LogP contribution in [-0.2, 0) is 0 Å². The first-order chi connectivity index (χ1) is 9.24. The number of hydrogen-bond donors (Lipinski definition) is 0. The molecule has 0 heterocycles. The molecule has 0 unspecified atom stereocenters. The van der Waals surface area contributed by atoms with Gasteiger partial charge in [0.25, 0.3) is 0 Å². The molecule has 0 bridgehead atoms. The Morgan fingerprint density at radius 2 is 1.47 bits per heavy atom. The highest BCUT2D eigenvalue weighted by Gasteiger charge is 2.26. The van der Waals surface area contributed by atoms with Crippen LogP contribution in [0, 0.1) is 0 Å². The van der Waals surface area contributed by atoms with Gasteiger partial charge in [0.15, 0.2) is 5.78 Å². The number of fused-ring (bicyclic) bond motifs is 3. The van der Waals surface area contributed by atoms with Gasteiger partial charge in [-0.25, -0.2) is 0 Å². The summed E-state index contributed by atoms with van der Waals surface area (Å²) < 4.78 is 0. The summed E-state index contributed by atoms with van der Waals surface area (Å²) in [6.07, 6.45) is 0. The van der Waals surface area contributed by atoms with E-state index in [4.69, 9.17) is 0 Å². The van der Waals surface area contributed by atoms with Crippen LogP contribution >= 0.6 is 0 Å². The van der Waals surface area contributed by atoms with E-state index in [0.717, 1.165) is 11.1 Å². The van der Waals surface area contributed by atoms with E-state index < -0.39 is 0 Å². The Bertz CT molecular complexity index is 732. The van der Waals surface area contributed by atoms with Crippen LogP contribution in [0.3, 0.4) is 0 Å². The van der Waals surface area contributed by atoms with E-state index in [-0.39, 0.29) is 5.78 Å². The molecule has 0 aromatic heterocycles. The Morgan fingerprint density at radius 3 is 2.05 bits per heavy atom. The first-order valence-electron chi connectivity index (χ1n) is 5.84. The lowest BCUT2D eigenvalue weighted by Gasteiger charge is -2.00. The average Bonchev–Trinajstić information content (AvgIpc) is 2.72. The molecule has 19 heavy (non-hydrogen) atoms. The van der Waals surface area contributed by atoms with Crippen molar-refractivity contribution in [3.05, 3.63) is 47.5 Å². The monoisotopic (exact) mass is 249 g/mol. The fraction of sp³-hybridized carbons (Fsp3) is 0.0667. The third-order valence-corrected chi connectivity index (χ3v) is 3.18. The molecular weight excluding hydrogens is 238 g/mol. The van der Waals surface area contributed by atoms with Gasteiger partial charge in [-0.1, -0.05) is 12.1 Å². The van der Waals surface area contributed by atoms with Gasteiger partial charge in [0.2, 0.25) is 0 Å².